The second-order valence-electron chi connectivity index (χ2n) is 4.38. The zero-order chi connectivity index (χ0) is 16.2. The van der Waals surface area contributed by atoms with Gasteiger partial charge in [0.1, 0.15) is 5.82 Å². The Morgan fingerprint density at radius 1 is 1.52 bits per heavy atom. The molecular formula is C12H15ClFNO5S. The summed E-state index contributed by atoms with van der Waals surface area (Å²) in [5.74, 6) is -2.62. The Bertz CT molecular complexity index is 635. The highest BCUT2D eigenvalue weighted by Crippen LogP contribution is 2.24. The van der Waals surface area contributed by atoms with Gasteiger partial charge in [-0.3, -0.25) is 0 Å². The zero-order valence-electron chi connectivity index (χ0n) is 11.4. The first-order valence-corrected chi connectivity index (χ1v) is 7.78. The molecule has 1 rings (SSSR count). The number of nitrogens with one attached hydrogen (secondary N) is 1. The van der Waals surface area contributed by atoms with Crippen LogP contribution in [-0.4, -0.2) is 39.3 Å². The van der Waals surface area contributed by atoms with Crippen molar-refractivity contribution in [3.63, 3.8) is 0 Å². The molecule has 0 amide bonds. The lowest BCUT2D eigenvalue weighted by Gasteiger charge is -2.14. The number of carboxylic acid groups (broad SMARTS) is 1. The molecule has 1 atom stereocenters. The number of methoxy groups -OCH3 is 1. The van der Waals surface area contributed by atoms with E-state index in [1.165, 1.54) is 7.11 Å². The summed E-state index contributed by atoms with van der Waals surface area (Å²) in [6.45, 7) is 1.96. The molecule has 6 nitrogen and oxygen atoms in total. The SMILES string of the molecule is COCCC(C)NS(=O)(=O)c1cc(F)c(Cl)c(C(=O)O)c1. The zero-order valence-corrected chi connectivity index (χ0v) is 13.0. The van der Waals surface area contributed by atoms with Gasteiger partial charge in [0.15, 0.2) is 0 Å². The Labute approximate surface area is 126 Å². The van der Waals surface area contributed by atoms with Crippen LogP contribution in [0.4, 0.5) is 4.39 Å². The first-order valence-electron chi connectivity index (χ1n) is 5.92. The van der Waals surface area contributed by atoms with E-state index in [2.05, 4.69) is 4.72 Å². The smallest absolute Gasteiger partial charge is 0.337 e. The summed E-state index contributed by atoms with van der Waals surface area (Å²) in [5, 5.41) is 8.26. The quantitative estimate of drug-likeness (QED) is 0.791. The maximum Gasteiger partial charge on any atom is 0.337 e. The summed E-state index contributed by atoms with van der Waals surface area (Å²) >= 11 is 5.50. The average molecular weight is 340 g/mol. The van der Waals surface area contributed by atoms with E-state index >= 15 is 0 Å². The molecule has 9 heteroatoms. The summed E-state index contributed by atoms with van der Waals surface area (Å²) in [6.07, 6.45) is 0.414. The van der Waals surface area contributed by atoms with Crippen LogP contribution < -0.4 is 4.72 Å². The maximum atomic E-state index is 13.6. The third kappa shape index (κ3) is 4.63. The monoisotopic (exact) mass is 339 g/mol. The van der Waals surface area contributed by atoms with Gasteiger partial charge in [-0.05, 0) is 25.5 Å². The van der Waals surface area contributed by atoms with Crippen LogP contribution in [0.1, 0.15) is 23.7 Å². The number of aromatic carboxylic acids is 1. The minimum Gasteiger partial charge on any atom is -0.478 e. The van der Waals surface area contributed by atoms with Gasteiger partial charge in [-0.1, -0.05) is 11.6 Å². The van der Waals surface area contributed by atoms with Crippen LogP contribution in [0.3, 0.4) is 0 Å². The second-order valence-corrected chi connectivity index (χ2v) is 6.47. The fourth-order valence-corrected chi connectivity index (χ4v) is 3.07. The van der Waals surface area contributed by atoms with E-state index < -0.39 is 43.3 Å². The largest absolute Gasteiger partial charge is 0.478 e. The molecule has 0 heterocycles. The lowest BCUT2D eigenvalue weighted by atomic mass is 10.2. The van der Waals surface area contributed by atoms with E-state index in [1.54, 1.807) is 6.92 Å². The molecule has 0 aliphatic rings. The van der Waals surface area contributed by atoms with E-state index in [9.17, 15) is 17.6 Å². The average Bonchev–Trinajstić information content (AvgIpc) is 2.38. The molecule has 0 aliphatic carbocycles. The number of carboxylic acids is 1. The fourth-order valence-electron chi connectivity index (χ4n) is 1.56. The van der Waals surface area contributed by atoms with Gasteiger partial charge in [0.05, 0.1) is 15.5 Å². The van der Waals surface area contributed by atoms with Crippen LogP contribution in [0.2, 0.25) is 5.02 Å². The van der Waals surface area contributed by atoms with Gasteiger partial charge >= 0.3 is 5.97 Å². The Balaban J connectivity index is 3.12. The molecule has 0 spiro atoms. The molecule has 21 heavy (non-hydrogen) atoms. The third-order valence-electron chi connectivity index (χ3n) is 2.65. The highest BCUT2D eigenvalue weighted by molar-refractivity contribution is 7.89. The number of hydrogen-bond donors (Lipinski definition) is 2. The van der Waals surface area contributed by atoms with E-state index in [0.717, 1.165) is 6.07 Å². The van der Waals surface area contributed by atoms with Crippen molar-refractivity contribution in [2.75, 3.05) is 13.7 Å². The summed E-state index contributed by atoms with van der Waals surface area (Å²) in [7, 11) is -2.57. The summed E-state index contributed by atoms with van der Waals surface area (Å²) in [5.41, 5.74) is -0.610. The fraction of sp³-hybridized carbons (Fsp3) is 0.417. The van der Waals surface area contributed by atoms with Gasteiger partial charge in [0.2, 0.25) is 10.0 Å². The third-order valence-corrected chi connectivity index (χ3v) is 4.61. The van der Waals surface area contributed by atoms with Crippen molar-refractivity contribution in [2.24, 2.45) is 0 Å². The summed E-state index contributed by atoms with van der Waals surface area (Å²) in [6, 6.07) is 1.04. The van der Waals surface area contributed by atoms with Crippen LogP contribution in [-0.2, 0) is 14.8 Å². The molecule has 0 aromatic heterocycles. The molecule has 0 saturated heterocycles. The van der Waals surface area contributed by atoms with E-state index in [0.29, 0.717) is 19.1 Å². The van der Waals surface area contributed by atoms with Crippen LogP contribution in [0.25, 0.3) is 0 Å². The predicted molar refractivity (Wildman–Crippen MR) is 74.6 cm³/mol. The molecule has 1 aromatic carbocycles. The highest BCUT2D eigenvalue weighted by atomic mass is 35.5. The highest BCUT2D eigenvalue weighted by Gasteiger charge is 2.23. The van der Waals surface area contributed by atoms with Gasteiger partial charge in [-0.2, -0.15) is 0 Å². The molecule has 0 bridgehead atoms. The number of sulfonamides is 1. The normalized spacial score (nSPS) is 13.1. The molecule has 0 radical (unpaired) electrons. The molecule has 118 valence electrons. The molecule has 0 saturated carbocycles. The van der Waals surface area contributed by atoms with Gasteiger partial charge in [-0.15, -0.1) is 0 Å². The van der Waals surface area contributed by atoms with Gasteiger partial charge in [0, 0.05) is 19.8 Å². The maximum absolute atomic E-state index is 13.6. The molecule has 1 aromatic rings. The molecule has 2 N–H and O–H groups in total. The van der Waals surface area contributed by atoms with E-state index in [-0.39, 0.29) is 0 Å². The Hall–Kier alpha value is -1.22. The first-order chi connectivity index (χ1) is 9.69. The van der Waals surface area contributed by atoms with E-state index in [4.69, 9.17) is 21.4 Å². The Morgan fingerprint density at radius 2 is 2.14 bits per heavy atom. The molecule has 1 unspecified atom stereocenters. The van der Waals surface area contributed by atoms with Crippen molar-refractivity contribution in [3.8, 4) is 0 Å². The number of benzene rings is 1. The topological polar surface area (TPSA) is 92.7 Å². The standard InChI is InChI=1S/C12H15ClFNO5S/c1-7(3-4-20-2)15-21(18,19)8-5-9(12(16)17)11(13)10(14)6-8/h5-7,15H,3-4H2,1-2H3,(H,16,17). The predicted octanol–water partition coefficient (Wildman–Crippen LogP) is 1.88. The van der Waals surface area contributed by atoms with Crippen LogP contribution in [0, 0.1) is 5.82 Å². The van der Waals surface area contributed by atoms with Crippen molar-refractivity contribution < 1.29 is 27.4 Å². The Morgan fingerprint density at radius 3 is 2.67 bits per heavy atom. The summed E-state index contributed by atoms with van der Waals surface area (Å²) in [4.78, 5) is 10.4. The van der Waals surface area contributed by atoms with Crippen molar-refractivity contribution >= 4 is 27.6 Å². The number of carbonyl (C=O) groups is 1. The minimum atomic E-state index is -4.05. The lowest BCUT2D eigenvalue weighted by Crippen LogP contribution is -2.33. The summed E-state index contributed by atoms with van der Waals surface area (Å²) < 4.78 is 44.9. The first kappa shape index (κ1) is 17.8. The van der Waals surface area contributed by atoms with Crippen molar-refractivity contribution in [3.05, 3.63) is 28.5 Å². The number of hydrogen-bond acceptors (Lipinski definition) is 4. The number of halogens is 2. The molecule has 0 fully saturated rings. The van der Waals surface area contributed by atoms with Crippen molar-refractivity contribution in [2.45, 2.75) is 24.3 Å². The minimum absolute atomic E-state index is 0.346. The molecule has 0 aliphatic heterocycles. The van der Waals surface area contributed by atoms with Gasteiger partial charge < -0.3 is 9.84 Å². The van der Waals surface area contributed by atoms with Crippen molar-refractivity contribution in [1.29, 1.82) is 0 Å². The molecular weight excluding hydrogens is 325 g/mol. The Kier molecular flexibility index (Phi) is 6.09. The van der Waals surface area contributed by atoms with Gasteiger partial charge in [-0.25, -0.2) is 22.3 Å². The number of ether oxygens (including phenoxy) is 1. The van der Waals surface area contributed by atoms with Crippen LogP contribution in [0.5, 0.6) is 0 Å². The van der Waals surface area contributed by atoms with Crippen LogP contribution in [0.15, 0.2) is 17.0 Å². The van der Waals surface area contributed by atoms with Gasteiger partial charge in [0.25, 0.3) is 0 Å². The van der Waals surface area contributed by atoms with Crippen molar-refractivity contribution in [1.82, 2.24) is 4.72 Å². The van der Waals surface area contributed by atoms with E-state index in [1.807, 2.05) is 0 Å². The second kappa shape index (κ2) is 7.17. The number of rotatable bonds is 7. The van der Waals surface area contributed by atoms with Crippen LogP contribution >= 0.6 is 11.6 Å². The lowest BCUT2D eigenvalue weighted by molar-refractivity contribution is 0.0696.